The average Bonchev–Trinajstić information content (AvgIpc) is 2.14. The summed E-state index contributed by atoms with van der Waals surface area (Å²) in [5.41, 5.74) is 2.77. The summed E-state index contributed by atoms with van der Waals surface area (Å²) in [6.45, 7) is 2.15. The molecule has 0 nitrogen and oxygen atoms in total. The Morgan fingerprint density at radius 1 is 1.50 bits per heavy atom. The van der Waals surface area contributed by atoms with Gasteiger partial charge in [0, 0.05) is 5.33 Å². The Labute approximate surface area is 70.5 Å². The molecule has 0 N–H and O–H groups in total. The van der Waals surface area contributed by atoms with Crippen molar-refractivity contribution in [2.45, 2.75) is 13.3 Å². The zero-order chi connectivity index (χ0) is 7.40. The van der Waals surface area contributed by atoms with Crippen molar-refractivity contribution >= 4 is 15.9 Å². The van der Waals surface area contributed by atoms with Crippen LogP contribution in [0.15, 0.2) is 35.5 Å². The van der Waals surface area contributed by atoms with Gasteiger partial charge in [-0.25, -0.2) is 0 Å². The van der Waals surface area contributed by atoms with Crippen LogP contribution >= 0.6 is 15.9 Å². The van der Waals surface area contributed by atoms with Gasteiger partial charge in [-0.2, -0.15) is 0 Å². The summed E-state index contributed by atoms with van der Waals surface area (Å²) >= 11 is 3.42. The molecule has 0 spiro atoms. The topological polar surface area (TPSA) is 0 Å². The highest BCUT2D eigenvalue weighted by Crippen LogP contribution is 2.11. The van der Waals surface area contributed by atoms with E-state index >= 15 is 0 Å². The highest BCUT2D eigenvalue weighted by molar-refractivity contribution is 9.09. The maximum atomic E-state index is 3.42. The third kappa shape index (κ3) is 2.14. The van der Waals surface area contributed by atoms with Crippen LogP contribution in [-0.2, 0) is 0 Å². The van der Waals surface area contributed by atoms with Gasteiger partial charge in [0.05, 0.1) is 0 Å². The first-order chi connectivity index (χ1) is 4.83. The number of alkyl halides is 1. The standard InChI is InChI=1S/C9H11Br/c1-8-3-2-4-9(7-10)6-5-8/h2,4-6H,3,7H2,1H3. The van der Waals surface area contributed by atoms with Crippen molar-refractivity contribution in [2.24, 2.45) is 0 Å². The van der Waals surface area contributed by atoms with E-state index in [9.17, 15) is 0 Å². The summed E-state index contributed by atoms with van der Waals surface area (Å²) in [5, 5.41) is 0.952. The molecule has 10 heavy (non-hydrogen) atoms. The SMILES string of the molecule is CC1=CC=C(CBr)C=CC1. The Balaban J connectivity index is 2.75. The van der Waals surface area contributed by atoms with Crippen molar-refractivity contribution in [3.63, 3.8) is 0 Å². The fourth-order valence-corrected chi connectivity index (χ4v) is 1.23. The molecule has 0 aromatic heterocycles. The predicted octanol–water partition coefficient (Wildman–Crippen LogP) is 3.21. The molecule has 1 aliphatic rings. The lowest BCUT2D eigenvalue weighted by molar-refractivity contribution is 1.22. The minimum atomic E-state index is 0.952. The molecule has 0 radical (unpaired) electrons. The van der Waals surface area contributed by atoms with E-state index in [2.05, 4.69) is 47.2 Å². The minimum Gasteiger partial charge on any atom is -0.0876 e. The number of halogens is 1. The van der Waals surface area contributed by atoms with Crippen LogP contribution in [-0.4, -0.2) is 5.33 Å². The fourth-order valence-electron chi connectivity index (χ4n) is 0.858. The van der Waals surface area contributed by atoms with Gasteiger partial charge in [0.15, 0.2) is 0 Å². The lowest BCUT2D eigenvalue weighted by Gasteiger charge is -1.88. The van der Waals surface area contributed by atoms with Gasteiger partial charge < -0.3 is 0 Å². The van der Waals surface area contributed by atoms with Gasteiger partial charge in [0.25, 0.3) is 0 Å². The molecule has 0 bridgehead atoms. The van der Waals surface area contributed by atoms with Crippen LogP contribution in [0.2, 0.25) is 0 Å². The van der Waals surface area contributed by atoms with Crippen molar-refractivity contribution in [1.29, 1.82) is 0 Å². The molecule has 0 saturated carbocycles. The smallest absolute Gasteiger partial charge is 0.0282 e. The van der Waals surface area contributed by atoms with Gasteiger partial charge in [-0.3, -0.25) is 0 Å². The van der Waals surface area contributed by atoms with Crippen LogP contribution in [0.25, 0.3) is 0 Å². The second-order valence-corrected chi connectivity index (χ2v) is 3.06. The molecular weight excluding hydrogens is 188 g/mol. The second kappa shape index (κ2) is 3.77. The largest absolute Gasteiger partial charge is 0.0876 e. The summed E-state index contributed by atoms with van der Waals surface area (Å²) < 4.78 is 0. The van der Waals surface area contributed by atoms with Gasteiger partial charge in [-0.05, 0) is 18.9 Å². The summed E-state index contributed by atoms with van der Waals surface area (Å²) in [6, 6.07) is 0. The Morgan fingerprint density at radius 3 is 3.00 bits per heavy atom. The third-order valence-electron chi connectivity index (χ3n) is 1.51. The van der Waals surface area contributed by atoms with Crippen LogP contribution in [0.1, 0.15) is 13.3 Å². The average molecular weight is 199 g/mol. The molecule has 0 heterocycles. The van der Waals surface area contributed by atoms with E-state index in [-0.39, 0.29) is 0 Å². The van der Waals surface area contributed by atoms with Gasteiger partial charge in [-0.1, -0.05) is 45.8 Å². The van der Waals surface area contributed by atoms with Crippen molar-refractivity contribution in [3.05, 3.63) is 35.5 Å². The molecule has 0 aliphatic heterocycles. The van der Waals surface area contributed by atoms with Crippen molar-refractivity contribution < 1.29 is 0 Å². The quantitative estimate of drug-likeness (QED) is 0.569. The highest BCUT2D eigenvalue weighted by atomic mass is 79.9. The Morgan fingerprint density at radius 2 is 2.30 bits per heavy atom. The molecule has 1 aliphatic carbocycles. The number of hydrogen-bond acceptors (Lipinski definition) is 0. The van der Waals surface area contributed by atoms with Crippen LogP contribution < -0.4 is 0 Å². The molecule has 0 amide bonds. The zero-order valence-electron chi connectivity index (χ0n) is 6.10. The first-order valence-electron chi connectivity index (χ1n) is 3.42. The molecule has 0 aromatic rings. The number of hydrogen-bond donors (Lipinski definition) is 0. The van der Waals surface area contributed by atoms with Crippen molar-refractivity contribution in [1.82, 2.24) is 0 Å². The molecule has 0 aromatic carbocycles. The predicted molar refractivity (Wildman–Crippen MR) is 49.4 cm³/mol. The van der Waals surface area contributed by atoms with Crippen LogP contribution in [0.4, 0.5) is 0 Å². The van der Waals surface area contributed by atoms with Crippen molar-refractivity contribution in [2.75, 3.05) is 5.33 Å². The van der Waals surface area contributed by atoms with E-state index in [0.717, 1.165) is 11.8 Å². The van der Waals surface area contributed by atoms with E-state index in [4.69, 9.17) is 0 Å². The molecular formula is C9H11Br. The lowest BCUT2D eigenvalue weighted by atomic mass is 10.2. The van der Waals surface area contributed by atoms with Crippen LogP contribution in [0.5, 0.6) is 0 Å². The van der Waals surface area contributed by atoms with Crippen LogP contribution in [0.3, 0.4) is 0 Å². The van der Waals surface area contributed by atoms with E-state index in [1.54, 1.807) is 0 Å². The fraction of sp³-hybridized carbons (Fsp3) is 0.333. The maximum Gasteiger partial charge on any atom is 0.0282 e. The summed E-state index contributed by atoms with van der Waals surface area (Å²) in [4.78, 5) is 0. The van der Waals surface area contributed by atoms with Gasteiger partial charge in [0.1, 0.15) is 0 Å². The summed E-state index contributed by atoms with van der Waals surface area (Å²) in [7, 11) is 0. The summed E-state index contributed by atoms with van der Waals surface area (Å²) in [5.74, 6) is 0. The van der Waals surface area contributed by atoms with E-state index in [1.807, 2.05) is 0 Å². The molecule has 1 heteroatoms. The Kier molecular flexibility index (Phi) is 2.94. The first kappa shape index (κ1) is 7.80. The maximum absolute atomic E-state index is 3.42. The van der Waals surface area contributed by atoms with Gasteiger partial charge in [0.2, 0.25) is 0 Å². The van der Waals surface area contributed by atoms with Crippen molar-refractivity contribution in [3.8, 4) is 0 Å². The minimum absolute atomic E-state index is 0.952. The number of allylic oxidation sites excluding steroid dienone is 6. The van der Waals surface area contributed by atoms with Gasteiger partial charge >= 0.3 is 0 Å². The molecule has 0 fully saturated rings. The molecule has 0 atom stereocenters. The monoisotopic (exact) mass is 198 g/mol. The second-order valence-electron chi connectivity index (χ2n) is 2.49. The third-order valence-corrected chi connectivity index (χ3v) is 2.16. The molecule has 0 saturated heterocycles. The highest BCUT2D eigenvalue weighted by Gasteiger charge is 1.92. The lowest BCUT2D eigenvalue weighted by Crippen LogP contribution is -1.74. The molecule has 54 valence electrons. The normalized spacial score (nSPS) is 17.8. The van der Waals surface area contributed by atoms with Gasteiger partial charge in [-0.15, -0.1) is 0 Å². The number of rotatable bonds is 1. The van der Waals surface area contributed by atoms with E-state index in [1.165, 1.54) is 11.1 Å². The molecule has 0 unspecified atom stereocenters. The molecule has 1 rings (SSSR count). The van der Waals surface area contributed by atoms with E-state index < -0.39 is 0 Å². The first-order valence-corrected chi connectivity index (χ1v) is 4.54. The Hall–Kier alpha value is -0.300. The van der Waals surface area contributed by atoms with E-state index in [0.29, 0.717) is 0 Å². The zero-order valence-corrected chi connectivity index (χ0v) is 7.69. The Bertz CT molecular complexity index is 197. The summed E-state index contributed by atoms with van der Waals surface area (Å²) in [6.07, 6.45) is 9.80. The van der Waals surface area contributed by atoms with Crippen LogP contribution in [0, 0.1) is 0 Å².